The maximum Gasteiger partial charge on any atom is 0.222 e. The molecule has 2 rings (SSSR count). The second-order valence-electron chi connectivity index (χ2n) is 5.29. The van der Waals surface area contributed by atoms with E-state index in [0.29, 0.717) is 23.8 Å². The molecule has 0 radical (unpaired) electrons. The average molecular weight is 337 g/mol. The quantitative estimate of drug-likeness (QED) is 0.586. The molecule has 0 saturated carbocycles. The Hall–Kier alpha value is -2.02. The van der Waals surface area contributed by atoms with Crippen molar-refractivity contribution < 1.29 is 14.3 Å². The zero-order valence-corrected chi connectivity index (χ0v) is 14.4. The van der Waals surface area contributed by atoms with E-state index in [1.165, 1.54) is 0 Å². The molecule has 1 amide bonds. The first kappa shape index (κ1) is 17.3. The highest BCUT2D eigenvalue weighted by atomic mass is 32.1. The summed E-state index contributed by atoms with van der Waals surface area (Å²) >= 11 is 5.30. The molecule has 23 heavy (non-hydrogen) atoms. The van der Waals surface area contributed by atoms with Gasteiger partial charge in [0.1, 0.15) is 11.5 Å². The number of hydrogen-bond acceptors (Lipinski definition) is 4. The molecule has 1 aliphatic heterocycles. The van der Waals surface area contributed by atoms with Gasteiger partial charge in [0.2, 0.25) is 5.91 Å². The van der Waals surface area contributed by atoms with Gasteiger partial charge in [-0.05, 0) is 37.2 Å². The van der Waals surface area contributed by atoms with Gasteiger partial charge in [-0.1, -0.05) is 0 Å². The molecule has 6 nitrogen and oxygen atoms in total. The van der Waals surface area contributed by atoms with Crippen LogP contribution in [0.3, 0.4) is 0 Å². The van der Waals surface area contributed by atoms with Crippen molar-refractivity contribution in [3.63, 3.8) is 0 Å². The van der Waals surface area contributed by atoms with Gasteiger partial charge in [-0.3, -0.25) is 4.79 Å². The van der Waals surface area contributed by atoms with Crippen molar-refractivity contribution in [3.05, 3.63) is 18.2 Å². The van der Waals surface area contributed by atoms with Gasteiger partial charge in [0.25, 0.3) is 0 Å². The number of hydrogen-bond donors (Lipinski definition) is 2. The molecule has 0 aliphatic carbocycles. The Morgan fingerprint density at radius 3 is 2.83 bits per heavy atom. The van der Waals surface area contributed by atoms with Gasteiger partial charge in [0.15, 0.2) is 5.11 Å². The van der Waals surface area contributed by atoms with E-state index < -0.39 is 0 Å². The normalized spacial score (nSPS) is 13.8. The summed E-state index contributed by atoms with van der Waals surface area (Å²) in [4.78, 5) is 13.4. The van der Waals surface area contributed by atoms with E-state index in [0.717, 1.165) is 37.4 Å². The number of rotatable bonds is 7. The number of methoxy groups -OCH3 is 2. The summed E-state index contributed by atoms with van der Waals surface area (Å²) in [6.07, 6.45) is 2.52. The van der Waals surface area contributed by atoms with Gasteiger partial charge in [0.05, 0.1) is 19.9 Å². The molecule has 1 aromatic rings. The van der Waals surface area contributed by atoms with Gasteiger partial charge in [-0.15, -0.1) is 0 Å². The first-order chi connectivity index (χ1) is 11.1. The Bertz CT molecular complexity index is 566. The van der Waals surface area contributed by atoms with Crippen molar-refractivity contribution in [2.75, 3.05) is 39.2 Å². The van der Waals surface area contributed by atoms with Crippen LogP contribution in [-0.2, 0) is 4.79 Å². The summed E-state index contributed by atoms with van der Waals surface area (Å²) in [5.74, 6) is 1.67. The zero-order chi connectivity index (χ0) is 16.7. The molecule has 1 fully saturated rings. The summed E-state index contributed by atoms with van der Waals surface area (Å²) in [5, 5.41) is 6.77. The topological polar surface area (TPSA) is 62.8 Å². The van der Waals surface area contributed by atoms with E-state index in [2.05, 4.69) is 10.6 Å². The molecule has 1 aromatic carbocycles. The molecule has 126 valence electrons. The van der Waals surface area contributed by atoms with Crippen molar-refractivity contribution >= 4 is 28.9 Å². The number of benzene rings is 1. The van der Waals surface area contributed by atoms with E-state index in [1.54, 1.807) is 14.2 Å². The van der Waals surface area contributed by atoms with Crippen molar-refractivity contribution in [1.29, 1.82) is 0 Å². The highest BCUT2D eigenvalue weighted by molar-refractivity contribution is 7.80. The van der Waals surface area contributed by atoms with E-state index in [4.69, 9.17) is 21.7 Å². The Kier molecular flexibility index (Phi) is 6.46. The van der Waals surface area contributed by atoms with Crippen LogP contribution in [0.2, 0.25) is 0 Å². The van der Waals surface area contributed by atoms with E-state index in [1.807, 2.05) is 23.1 Å². The fraction of sp³-hybridized carbons (Fsp3) is 0.500. The molecule has 1 saturated heterocycles. The molecule has 1 heterocycles. The third-order valence-electron chi connectivity index (χ3n) is 3.72. The molecule has 0 aromatic heterocycles. The first-order valence-corrected chi connectivity index (χ1v) is 8.09. The standard InChI is InChI=1S/C16H23N3O3S/c1-21-12-6-7-14(22-2)13(11-12)18-16(23)17-8-4-10-19-9-3-5-15(19)20/h6-7,11H,3-5,8-10H2,1-2H3,(H2,17,18,23). The number of amides is 1. The second-order valence-corrected chi connectivity index (χ2v) is 5.69. The fourth-order valence-electron chi connectivity index (χ4n) is 2.49. The Balaban J connectivity index is 1.77. The lowest BCUT2D eigenvalue weighted by molar-refractivity contribution is -0.127. The van der Waals surface area contributed by atoms with Gasteiger partial charge < -0.3 is 25.0 Å². The number of nitrogens with one attached hydrogen (secondary N) is 2. The molecular weight excluding hydrogens is 314 g/mol. The minimum absolute atomic E-state index is 0.256. The third-order valence-corrected chi connectivity index (χ3v) is 3.96. The van der Waals surface area contributed by atoms with E-state index >= 15 is 0 Å². The maximum absolute atomic E-state index is 11.5. The van der Waals surface area contributed by atoms with E-state index in [9.17, 15) is 4.79 Å². The largest absolute Gasteiger partial charge is 0.497 e. The summed E-state index contributed by atoms with van der Waals surface area (Å²) in [6.45, 7) is 2.36. The summed E-state index contributed by atoms with van der Waals surface area (Å²) in [5.41, 5.74) is 0.749. The van der Waals surface area contributed by atoms with Crippen LogP contribution in [0, 0.1) is 0 Å². The number of thiocarbonyl (C=S) groups is 1. The number of carbonyl (C=O) groups excluding carboxylic acids is 1. The number of ether oxygens (including phenoxy) is 2. The lowest BCUT2D eigenvalue weighted by atomic mass is 10.2. The molecule has 1 aliphatic rings. The number of likely N-dealkylation sites (tertiary alicyclic amines) is 1. The molecule has 0 bridgehead atoms. The average Bonchev–Trinajstić information content (AvgIpc) is 2.96. The number of nitrogens with zero attached hydrogens (tertiary/aromatic N) is 1. The molecule has 2 N–H and O–H groups in total. The molecule has 0 spiro atoms. The minimum Gasteiger partial charge on any atom is -0.497 e. The summed E-state index contributed by atoms with van der Waals surface area (Å²) in [7, 11) is 3.22. The Morgan fingerprint density at radius 2 is 2.17 bits per heavy atom. The van der Waals surface area contributed by atoms with Crippen molar-refractivity contribution in [3.8, 4) is 11.5 Å². The third kappa shape index (κ3) is 4.99. The second kappa shape index (κ2) is 8.57. The predicted molar refractivity (Wildman–Crippen MR) is 94.2 cm³/mol. The lowest BCUT2D eigenvalue weighted by Gasteiger charge is -2.17. The Labute approximate surface area is 142 Å². The van der Waals surface area contributed by atoms with Crippen molar-refractivity contribution in [2.45, 2.75) is 19.3 Å². The molecule has 0 unspecified atom stereocenters. The van der Waals surface area contributed by atoms with Gasteiger partial charge >= 0.3 is 0 Å². The van der Waals surface area contributed by atoms with Crippen LogP contribution in [-0.4, -0.2) is 49.8 Å². The van der Waals surface area contributed by atoms with Gasteiger partial charge in [-0.25, -0.2) is 0 Å². The molecule has 0 atom stereocenters. The zero-order valence-electron chi connectivity index (χ0n) is 13.6. The van der Waals surface area contributed by atoms with Crippen LogP contribution < -0.4 is 20.1 Å². The highest BCUT2D eigenvalue weighted by Crippen LogP contribution is 2.28. The fourth-order valence-corrected chi connectivity index (χ4v) is 2.70. The lowest BCUT2D eigenvalue weighted by Crippen LogP contribution is -2.32. The summed E-state index contributed by atoms with van der Waals surface area (Å²) in [6, 6.07) is 5.48. The van der Waals surface area contributed by atoms with E-state index in [-0.39, 0.29) is 5.91 Å². The molecule has 7 heteroatoms. The molecular formula is C16H23N3O3S. The predicted octanol–water partition coefficient (Wildman–Crippen LogP) is 2.00. The van der Waals surface area contributed by atoms with Crippen molar-refractivity contribution in [1.82, 2.24) is 10.2 Å². The van der Waals surface area contributed by atoms with Gasteiger partial charge in [-0.2, -0.15) is 0 Å². The van der Waals surface area contributed by atoms with Crippen molar-refractivity contribution in [2.24, 2.45) is 0 Å². The SMILES string of the molecule is COc1ccc(OC)c(NC(=S)NCCCN2CCCC2=O)c1. The number of anilines is 1. The number of carbonyl (C=O) groups is 1. The Morgan fingerprint density at radius 1 is 1.35 bits per heavy atom. The van der Waals surface area contributed by atoms with Crippen LogP contribution in [0.1, 0.15) is 19.3 Å². The maximum atomic E-state index is 11.5. The smallest absolute Gasteiger partial charge is 0.222 e. The van der Waals surface area contributed by atoms with Gasteiger partial charge in [0, 0.05) is 32.1 Å². The highest BCUT2D eigenvalue weighted by Gasteiger charge is 2.18. The first-order valence-electron chi connectivity index (χ1n) is 7.68. The van der Waals surface area contributed by atoms with Crippen LogP contribution in [0.25, 0.3) is 0 Å². The minimum atomic E-state index is 0.256. The van der Waals surface area contributed by atoms with Crippen LogP contribution in [0.5, 0.6) is 11.5 Å². The van der Waals surface area contributed by atoms with Crippen LogP contribution >= 0.6 is 12.2 Å². The van der Waals surface area contributed by atoms with Crippen LogP contribution in [0.4, 0.5) is 5.69 Å². The monoisotopic (exact) mass is 337 g/mol. The van der Waals surface area contributed by atoms with Crippen LogP contribution in [0.15, 0.2) is 18.2 Å². The summed E-state index contributed by atoms with van der Waals surface area (Å²) < 4.78 is 10.5.